The first-order valence-corrected chi connectivity index (χ1v) is 11.1. The van der Waals surface area contributed by atoms with Crippen molar-refractivity contribution in [3.63, 3.8) is 0 Å². The predicted molar refractivity (Wildman–Crippen MR) is 103 cm³/mol. The lowest BCUT2D eigenvalue weighted by atomic mass is 9.78. The average Bonchev–Trinajstić information content (AvgIpc) is 3.10. The third-order valence-electron chi connectivity index (χ3n) is 6.48. The SMILES string of the molecule is CN(C(=O)CSCC(=O)N1CCC2(CCNC2)CC1)C1CCCCC1. The summed E-state index contributed by atoms with van der Waals surface area (Å²) < 4.78 is 0. The topological polar surface area (TPSA) is 52.7 Å². The van der Waals surface area contributed by atoms with Gasteiger partial charge in [-0.15, -0.1) is 11.8 Å². The van der Waals surface area contributed by atoms with E-state index in [1.807, 2.05) is 16.8 Å². The van der Waals surface area contributed by atoms with E-state index in [0.717, 1.165) is 51.9 Å². The van der Waals surface area contributed by atoms with Crippen LogP contribution >= 0.6 is 11.8 Å². The van der Waals surface area contributed by atoms with Crippen molar-refractivity contribution < 1.29 is 9.59 Å². The highest BCUT2D eigenvalue weighted by atomic mass is 32.2. The molecule has 0 unspecified atom stereocenters. The van der Waals surface area contributed by atoms with E-state index in [1.54, 1.807) is 0 Å². The Balaban J connectivity index is 1.34. The van der Waals surface area contributed by atoms with Crippen molar-refractivity contribution in [3.05, 3.63) is 0 Å². The number of nitrogens with one attached hydrogen (secondary N) is 1. The molecule has 0 radical (unpaired) electrons. The summed E-state index contributed by atoms with van der Waals surface area (Å²) in [4.78, 5) is 28.7. The van der Waals surface area contributed by atoms with Crippen molar-refractivity contribution in [3.8, 4) is 0 Å². The number of thioether (sulfide) groups is 1. The zero-order valence-corrected chi connectivity index (χ0v) is 16.4. The molecule has 2 amide bonds. The second-order valence-electron chi connectivity index (χ2n) is 8.10. The van der Waals surface area contributed by atoms with Crippen LogP contribution in [0.3, 0.4) is 0 Å². The minimum Gasteiger partial charge on any atom is -0.342 e. The van der Waals surface area contributed by atoms with E-state index in [4.69, 9.17) is 0 Å². The fourth-order valence-electron chi connectivity index (χ4n) is 4.54. The summed E-state index contributed by atoms with van der Waals surface area (Å²) in [6.07, 6.45) is 9.55. The van der Waals surface area contributed by atoms with E-state index < -0.39 is 0 Å². The zero-order chi connectivity index (χ0) is 17.7. The Hall–Kier alpha value is -0.750. The Bertz CT molecular complexity index is 463. The maximum atomic E-state index is 12.4. The van der Waals surface area contributed by atoms with Gasteiger partial charge in [0.2, 0.25) is 11.8 Å². The van der Waals surface area contributed by atoms with Crippen LogP contribution in [0.25, 0.3) is 0 Å². The summed E-state index contributed by atoms with van der Waals surface area (Å²) in [5.74, 6) is 1.26. The Morgan fingerprint density at radius 2 is 1.84 bits per heavy atom. The lowest BCUT2D eigenvalue weighted by Crippen LogP contribution is -2.44. The number of rotatable bonds is 5. The fourth-order valence-corrected chi connectivity index (χ4v) is 5.38. The molecule has 0 aromatic heterocycles. The van der Waals surface area contributed by atoms with Crippen LogP contribution in [0.2, 0.25) is 0 Å². The van der Waals surface area contributed by atoms with Crippen molar-refractivity contribution in [2.45, 2.75) is 57.4 Å². The quantitative estimate of drug-likeness (QED) is 0.809. The van der Waals surface area contributed by atoms with Crippen LogP contribution in [0.4, 0.5) is 0 Å². The molecule has 2 saturated heterocycles. The highest BCUT2D eigenvalue weighted by molar-refractivity contribution is 8.00. The molecule has 142 valence electrons. The van der Waals surface area contributed by atoms with Crippen LogP contribution in [-0.2, 0) is 9.59 Å². The third kappa shape index (κ3) is 4.91. The van der Waals surface area contributed by atoms with Crippen LogP contribution < -0.4 is 5.32 Å². The summed E-state index contributed by atoms with van der Waals surface area (Å²) in [7, 11) is 1.93. The minimum atomic E-state index is 0.180. The number of carbonyl (C=O) groups excluding carboxylic acids is 2. The lowest BCUT2D eigenvalue weighted by Gasteiger charge is -2.38. The first-order chi connectivity index (χ1) is 12.1. The molecule has 25 heavy (non-hydrogen) atoms. The molecule has 6 heteroatoms. The maximum Gasteiger partial charge on any atom is 0.232 e. The molecule has 0 aromatic carbocycles. The van der Waals surface area contributed by atoms with Gasteiger partial charge >= 0.3 is 0 Å². The van der Waals surface area contributed by atoms with Crippen molar-refractivity contribution in [1.29, 1.82) is 0 Å². The molecule has 1 N–H and O–H groups in total. The van der Waals surface area contributed by atoms with Gasteiger partial charge in [0, 0.05) is 32.7 Å². The smallest absolute Gasteiger partial charge is 0.232 e. The first kappa shape index (κ1) is 19.0. The van der Waals surface area contributed by atoms with Gasteiger partial charge in [-0.25, -0.2) is 0 Å². The van der Waals surface area contributed by atoms with E-state index in [9.17, 15) is 9.59 Å². The fraction of sp³-hybridized carbons (Fsp3) is 0.895. The van der Waals surface area contributed by atoms with Gasteiger partial charge in [0.25, 0.3) is 0 Å². The lowest BCUT2D eigenvalue weighted by molar-refractivity contribution is -0.130. The van der Waals surface area contributed by atoms with Gasteiger partial charge in [0.15, 0.2) is 0 Å². The number of hydrogen-bond acceptors (Lipinski definition) is 4. The molecule has 0 aromatic rings. The van der Waals surface area contributed by atoms with Crippen LogP contribution in [0, 0.1) is 5.41 Å². The Labute approximate surface area is 156 Å². The molecule has 0 atom stereocenters. The number of piperidine rings is 1. The monoisotopic (exact) mass is 367 g/mol. The molecular formula is C19H33N3O2S. The maximum absolute atomic E-state index is 12.4. The molecular weight excluding hydrogens is 334 g/mol. The molecule has 3 fully saturated rings. The predicted octanol–water partition coefficient (Wildman–Crippen LogP) is 2.11. The van der Waals surface area contributed by atoms with Gasteiger partial charge in [-0.2, -0.15) is 0 Å². The van der Waals surface area contributed by atoms with Crippen LogP contribution in [0.15, 0.2) is 0 Å². The molecule has 0 bridgehead atoms. The van der Waals surface area contributed by atoms with E-state index in [-0.39, 0.29) is 11.8 Å². The highest BCUT2D eigenvalue weighted by Gasteiger charge is 2.37. The van der Waals surface area contributed by atoms with Crippen LogP contribution in [0.1, 0.15) is 51.4 Å². The Kier molecular flexibility index (Phi) is 6.67. The normalized spacial score (nSPS) is 23.8. The third-order valence-corrected chi connectivity index (χ3v) is 7.38. The standard InChI is InChI=1S/C19H33N3O2S/c1-21(16-5-3-2-4-6-16)17(23)13-25-14-18(24)22-11-8-19(9-12-22)7-10-20-15-19/h16,20H,2-15H2,1H3. The number of nitrogens with zero attached hydrogens (tertiary/aromatic N) is 2. The zero-order valence-electron chi connectivity index (χ0n) is 15.6. The van der Waals surface area contributed by atoms with E-state index >= 15 is 0 Å². The van der Waals surface area contributed by atoms with Gasteiger partial charge in [-0.05, 0) is 44.1 Å². The van der Waals surface area contributed by atoms with Gasteiger partial charge in [-0.1, -0.05) is 19.3 Å². The van der Waals surface area contributed by atoms with Gasteiger partial charge in [0.05, 0.1) is 11.5 Å². The summed E-state index contributed by atoms with van der Waals surface area (Å²) in [5.41, 5.74) is 0.447. The van der Waals surface area contributed by atoms with Crippen molar-refractivity contribution >= 4 is 23.6 Å². The molecule has 1 aliphatic carbocycles. The van der Waals surface area contributed by atoms with Gasteiger partial charge < -0.3 is 15.1 Å². The van der Waals surface area contributed by atoms with Crippen molar-refractivity contribution in [2.75, 3.05) is 44.7 Å². The van der Waals surface area contributed by atoms with Crippen LogP contribution in [-0.4, -0.2) is 72.4 Å². The van der Waals surface area contributed by atoms with Crippen molar-refractivity contribution in [2.24, 2.45) is 5.41 Å². The van der Waals surface area contributed by atoms with E-state index in [1.165, 1.54) is 37.4 Å². The number of carbonyl (C=O) groups is 2. The second-order valence-corrected chi connectivity index (χ2v) is 9.08. The summed E-state index contributed by atoms with van der Waals surface area (Å²) in [6, 6.07) is 0.413. The van der Waals surface area contributed by atoms with Gasteiger partial charge in [0.1, 0.15) is 0 Å². The molecule has 1 saturated carbocycles. The van der Waals surface area contributed by atoms with Gasteiger partial charge in [-0.3, -0.25) is 9.59 Å². The second kappa shape index (κ2) is 8.76. The van der Waals surface area contributed by atoms with E-state index in [0.29, 0.717) is 23.0 Å². The number of likely N-dealkylation sites (tertiary alicyclic amines) is 1. The minimum absolute atomic E-state index is 0.180. The first-order valence-electron chi connectivity index (χ1n) is 9.92. The summed E-state index contributed by atoms with van der Waals surface area (Å²) in [5, 5.41) is 3.46. The molecule has 3 aliphatic rings. The molecule has 2 aliphatic heterocycles. The Morgan fingerprint density at radius 1 is 1.12 bits per heavy atom. The summed E-state index contributed by atoms with van der Waals surface area (Å²) in [6.45, 7) is 4.01. The molecule has 3 rings (SSSR count). The molecule has 5 nitrogen and oxygen atoms in total. The molecule has 1 spiro atoms. The van der Waals surface area contributed by atoms with Crippen LogP contribution in [0.5, 0.6) is 0 Å². The Morgan fingerprint density at radius 3 is 2.48 bits per heavy atom. The van der Waals surface area contributed by atoms with E-state index in [2.05, 4.69) is 5.32 Å². The highest BCUT2D eigenvalue weighted by Crippen LogP contribution is 2.37. The molecule has 2 heterocycles. The summed E-state index contributed by atoms with van der Waals surface area (Å²) >= 11 is 1.48. The largest absolute Gasteiger partial charge is 0.342 e. The van der Waals surface area contributed by atoms with Crippen molar-refractivity contribution in [1.82, 2.24) is 15.1 Å². The number of amides is 2. The number of hydrogen-bond donors (Lipinski definition) is 1. The average molecular weight is 368 g/mol.